The molecule has 0 aliphatic heterocycles. The maximum atomic E-state index is 8.92. The van der Waals surface area contributed by atoms with Gasteiger partial charge in [-0.05, 0) is 38.1 Å². The highest BCUT2D eigenvalue weighted by molar-refractivity contribution is 5.49. The van der Waals surface area contributed by atoms with Crippen LogP contribution in [0.25, 0.3) is 0 Å². The van der Waals surface area contributed by atoms with E-state index in [1.165, 1.54) is 26.3 Å². The number of aldehydes is 1. The van der Waals surface area contributed by atoms with Crippen LogP contribution in [0.2, 0.25) is 0 Å². The van der Waals surface area contributed by atoms with Crippen molar-refractivity contribution in [1.29, 1.82) is 0 Å². The lowest BCUT2D eigenvalue weighted by atomic mass is 9.57. The van der Waals surface area contributed by atoms with Crippen LogP contribution in [0.1, 0.15) is 47.0 Å². The fourth-order valence-corrected chi connectivity index (χ4v) is 1.78. The van der Waals surface area contributed by atoms with Gasteiger partial charge < -0.3 is 21.4 Å². The summed E-state index contributed by atoms with van der Waals surface area (Å²) < 4.78 is 0. The molecule has 106 valence electrons. The molecule has 3 atom stereocenters. The van der Waals surface area contributed by atoms with E-state index in [4.69, 9.17) is 15.6 Å². The topological polar surface area (TPSA) is 89.3 Å². The van der Waals surface area contributed by atoms with Gasteiger partial charge in [0.25, 0.3) is 0 Å². The van der Waals surface area contributed by atoms with Gasteiger partial charge in [-0.2, -0.15) is 0 Å². The van der Waals surface area contributed by atoms with Crippen LogP contribution in [0.4, 0.5) is 0 Å². The second-order valence-electron chi connectivity index (χ2n) is 3.25. The van der Waals surface area contributed by atoms with E-state index < -0.39 is 0 Å². The van der Waals surface area contributed by atoms with Crippen LogP contribution in [-0.4, -0.2) is 31.1 Å². The highest BCUT2D eigenvalue weighted by Gasteiger charge is 2.44. The molecule has 2 aliphatic rings. The predicted molar refractivity (Wildman–Crippen MR) is 74.8 cm³/mol. The highest BCUT2D eigenvalue weighted by atomic mass is 16.3. The summed E-state index contributed by atoms with van der Waals surface area (Å²) in [4.78, 5) is 8.92. The molecule has 4 heteroatoms. The van der Waals surface area contributed by atoms with E-state index >= 15 is 0 Å². The summed E-state index contributed by atoms with van der Waals surface area (Å²) in [6, 6.07) is 0.596. The Bertz CT molecular complexity index is 139. The first-order valence-electron chi connectivity index (χ1n) is 6.67. The van der Waals surface area contributed by atoms with Gasteiger partial charge in [-0.1, -0.05) is 27.7 Å². The summed E-state index contributed by atoms with van der Waals surface area (Å²) >= 11 is 0. The number of aliphatic hydroxyl groups is 1. The summed E-state index contributed by atoms with van der Waals surface area (Å²) in [6.07, 6.45) is 4.65. The smallest absolute Gasteiger partial charge is 0.145 e. The van der Waals surface area contributed by atoms with Crippen LogP contribution in [-0.2, 0) is 4.79 Å². The Morgan fingerprint density at radius 2 is 1.59 bits per heavy atom. The summed E-state index contributed by atoms with van der Waals surface area (Å²) in [7, 11) is 1.50. The van der Waals surface area contributed by atoms with E-state index in [9.17, 15) is 0 Å². The van der Waals surface area contributed by atoms with Gasteiger partial charge in [0.05, 0.1) is 6.61 Å². The maximum Gasteiger partial charge on any atom is 0.145 e. The lowest BCUT2D eigenvalue weighted by Crippen LogP contribution is -2.53. The van der Waals surface area contributed by atoms with E-state index in [2.05, 4.69) is 5.73 Å². The third-order valence-corrected chi connectivity index (χ3v) is 2.68. The molecule has 4 nitrogen and oxygen atoms in total. The van der Waals surface area contributed by atoms with Gasteiger partial charge in [0.2, 0.25) is 0 Å². The first kappa shape index (κ1) is 21.8. The molecule has 0 bridgehead atoms. The second kappa shape index (κ2) is 17.9. The van der Waals surface area contributed by atoms with E-state index in [0.29, 0.717) is 12.3 Å². The Morgan fingerprint density at radius 3 is 1.59 bits per heavy atom. The van der Waals surface area contributed by atoms with Crippen molar-refractivity contribution in [2.24, 2.45) is 23.3 Å². The Labute approximate surface area is 107 Å². The van der Waals surface area contributed by atoms with Gasteiger partial charge >= 0.3 is 0 Å². The van der Waals surface area contributed by atoms with Crippen molar-refractivity contribution in [3.8, 4) is 0 Å². The molecule has 0 radical (unpaired) electrons. The molecule has 0 spiro atoms. The van der Waals surface area contributed by atoms with Crippen LogP contribution < -0.4 is 11.5 Å². The minimum absolute atomic E-state index is 0.361. The Kier molecular flexibility index (Phi) is 23.0. The Hall–Kier alpha value is -0.450. The number of carbonyl (C=O) groups excluding carboxylic acids is 1. The number of hydrogen-bond donors (Lipinski definition) is 3. The summed E-state index contributed by atoms with van der Waals surface area (Å²) in [6.45, 7) is 7.64. The van der Waals surface area contributed by atoms with Crippen LogP contribution in [0.5, 0.6) is 0 Å². The van der Waals surface area contributed by atoms with Gasteiger partial charge in [0.1, 0.15) is 6.29 Å². The standard InChI is InChI=1S/C6H11N.C2H4O2.2C2H6.CH5N/c7-6-3-4-1-2-5(4)6;3-1-2-4;3*1-2/h4-6H,1-3,7H2;1,4H,2H2;2*1-2H3;2H2,1H3. The van der Waals surface area contributed by atoms with Crippen LogP contribution in [0.3, 0.4) is 0 Å². The normalized spacial score (nSPS) is 26.0. The first-order chi connectivity index (χ1) is 8.29. The quantitative estimate of drug-likeness (QED) is 0.614. The molecular weight excluding hydrogens is 216 g/mol. The molecule has 2 saturated carbocycles. The van der Waals surface area contributed by atoms with Crippen molar-refractivity contribution in [3.63, 3.8) is 0 Å². The number of carbonyl (C=O) groups is 1. The SMILES string of the molecule is CC.CC.CN.NC1CC2CCC12.O=CCO. The third kappa shape index (κ3) is 9.27. The monoisotopic (exact) mass is 248 g/mol. The average molecular weight is 248 g/mol. The molecule has 5 N–H and O–H groups in total. The second-order valence-corrected chi connectivity index (χ2v) is 3.25. The van der Waals surface area contributed by atoms with Gasteiger partial charge in [-0.3, -0.25) is 0 Å². The highest BCUT2D eigenvalue weighted by Crippen LogP contribution is 2.48. The van der Waals surface area contributed by atoms with Gasteiger partial charge in [-0.15, -0.1) is 0 Å². The van der Waals surface area contributed by atoms with Crippen molar-refractivity contribution < 1.29 is 9.90 Å². The lowest BCUT2D eigenvalue weighted by molar-refractivity contribution is -0.110. The fourth-order valence-electron chi connectivity index (χ4n) is 1.78. The Balaban J connectivity index is -0.000000172. The van der Waals surface area contributed by atoms with Crippen LogP contribution >= 0.6 is 0 Å². The van der Waals surface area contributed by atoms with Crippen molar-refractivity contribution in [2.75, 3.05) is 13.7 Å². The van der Waals surface area contributed by atoms with E-state index in [0.717, 1.165) is 11.8 Å². The summed E-state index contributed by atoms with van der Waals surface area (Å²) in [5.74, 6) is 2.02. The van der Waals surface area contributed by atoms with E-state index in [1.54, 1.807) is 0 Å². The number of rotatable bonds is 1. The molecule has 0 amide bonds. The zero-order chi connectivity index (χ0) is 14.3. The summed E-state index contributed by atoms with van der Waals surface area (Å²) in [5.41, 5.74) is 10.2. The van der Waals surface area contributed by atoms with Crippen molar-refractivity contribution >= 4 is 6.29 Å². The molecule has 2 fully saturated rings. The van der Waals surface area contributed by atoms with Gasteiger partial charge in [0.15, 0.2) is 0 Å². The van der Waals surface area contributed by atoms with Gasteiger partial charge in [0, 0.05) is 6.04 Å². The van der Waals surface area contributed by atoms with Gasteiger partial charge in [-0.25, -0.2) is 0 Å². The van der Waals surface area contributed by atoms with Crippen LogP contribution in [0, 0.1) is 11.8 Å². The molecule has 0 aromatic rings. The van der Waals surface area contributed by atoms with Crippen molar-refractivity contribution in [1.82, 2.24) is 0 Å². The van der Waals surface area contributed by atoms with Crippen LogP contribution in [0.15, 0.2) is 0 Å². The predicted octanol–water partition coefficient (Wildman–Crippen LogP) is 1.55. The largest absolute Gasteiger partial charge is 0.389 e. The average Bonchev–Trinajstić information content (AvgIpc) is 2.42. The number of aliphatic hydroxyl groups excluding tert-OH is 1. The Morgan fingerprint density at radius 1 is 1.18 bits per heavy atom. The number of nitrogens with two attached hydrogens (primary N) is 2. The molecule has 2 aliphatic carbocycles. The van der Waals surface area contributed by atoms with E-state index in [-0.39, 0.29) is 6.61 Å². The summed E-state index contributed by atoms with van der Waals surface area (Å²) in [5, 5.41) is 7.51. The number of hydrogen-bond acceptors (Lipinski definition) is 4. The minimum atomic E-state index is -0.361. The third-order valence-electron chi connectivity index (χ3n) is 2.68. The number of fused-ring (bicyclic) bond motifs is 1. The lowest BCUT2D eigenvalue weighted by Gasteiger charge is -2.51. The molecule has 0 saturated heterocycles. The minimum Gasteiger partial charge on any atom is -0.389 e. The first-order valence-corrected chi connectivity index (χ1v) is 6.67. The van der Waals surface area contributed by atoms with E-state index in [1.807, 2.05) is 27.7 Å². The molecular formula is C13H32N2O2. The molecule has 17 heavy (non-hydrogen) atoms. The molecule has 2 rings (SSSR count). The molecule has 3 unspecified atom stereocenters. The molecule has 0 aromatic heterocycles. The maximum absolute atomic E-state index is 8.92. The zero-order valence-electron chi connectivity index (χ0n) is 12.1. The molecule has 0 aromatic carbocycles. The fraction of sp³-hybridized carbons (Fsp3) is 0.923. The van der Waals surface area contributed by atoms with Crippen molar-refractivity contribution in [3.05, 3.63) is 0 Å². The zero-order valence-corrected chi connectivity index (χ0v) is 12.1. The van der Waals surface area contributed by atoms with Crippen molar-refractivity contribution in [2.45, 2.75) is 53.0 Å². The molecule has 0 heterocycles.